The predicted octanol–water partition coefficient (Wildman–Crippen LogP) is 0.442. The van der Waals surface area contributed by atoms with Crippen LogP contribution >= 0.6 is 0 Å². The van der Waals surface area contributed by atoms with E-state index < -0.39 is 0 Å². The Balaban J connectivity index is 2.40. The molecule has 0 amide bonds. The third-order valence-corrected chi connectivity index (χ3v) is 1.23. The number of esters is 1. The van der Waals surface area contributed by atoms with Crippen molar-refractivity contribution in [3.63, 3.8) is 0 Å². The zero-order valence-electron chi connectivity index (χ0n) is 5.96. The molecule has 0 fully saturated rings. The van der Waals surface area contributed by atoms with E-state index in [0.717, 1.165) is 13.0 Å². The Morgan fingerprint density at radius 1 is 1.90 bits per heavy atom. The molecule has 0 aromatic carbocycles. The highest BCUT2D eigenvalue weighted by Gasteiger charge is 2.14. The van der Waals surface area contributed by atoms with E-state index in [1.807, 2.05) is 0 Å². The van der Waals surface area contributed by atoms with Crippen molar-refractivity contribution in [1.82, 2.24) is 5.32 Å². The second-order valence-electron chi connectivity index (χ2n) is 1.98. The van der Waals surface area contributed by atoms with Gasteiger partial charge in [0, 0.05) is 6.54 Å². The Kier molecular flexibility index (Phi) is 2.31. The number of nitrogens with zero attached hydrogens (tertiary/aromatic N) is 1. The lowest BCUT2D eigenvalue weighted by Gasteiger charge is -1.99. The average molecular weight is 140 g/mol. The third-order valence-electron chi connectivity index (χ3n) is 1.23. The van der Waals surface area contributed by atoms with Crippen molar-refractivity contribution in [3.8, 4) is 0 Å². The molecule has 1 rings (SSSR count). The Labute approximate surface area is 60.1 Å². The number of rotatable bonds is 2. The van der Waals surface area contributed by atoms with Crippen molar-refractivity contribution in [1.29, 1.82) is 0 Å². The average Bonchev–Trinajstić information content (AvgIpc) is 2.38. The molecule has 1 aliphatic heterocycles. The fraction of sp³-hybridized carbons (Fsp3) is 0.571. The summed E-state index contributed by atoms with van der Waals surface area (Å²) in [6, 6.07) is 0. The van der Waals surface area contributed by atoms with E-state index in [1.54, 1.807) is 13.0 Å². The predicted molar refractivity (Wildman–Crippen MR) is 36.3 cm³/mol. The monoisotopic (exact) mass is 140 g/mol. The molecule has 1 radical (unpaired) electrons. The molecule has 1 heterocycles. The maximum Gasteiger partial charge on any atom is 0.356 e. The summed E-state index contributed by atoms with van der Waals surface area (Å²) >= 11 is 0. The SMILES string of the molecule is CCOC(=O)C1=CCC[N]1. The Hall–Kier alpha value is -0.990. The lowest BCUT2D eigenvalue weighted by molar-refractivity contribution is -0.138. The lowest BCUT2D eigenvalue weighted by Crippen LogP contribution is -2.12. The number of carbonyl (C=O) groups is 1. The van der Waals surface area contributed by atoms with Crippen molar-refractivity contribution in [2.45, 2.75) is 13.3 Å². The molecule has 10 heavy (non-hydrogen) atoms. The molecule has 0 bridgehead atoms. The lowest BCUT2D eigenvalue weighted by atomic mass is 10.4. The summed E-state index contributed by atoms with van der Waals surface area (Å²) in [6.45, 7) is 2.94. The van der Waals surface area contributed by atoms with Gasteiger partial charge in [-0.1, -0.05) is 0 Å². The molecule has 0 atom stereocenters. The van der Waals surface area contributed by atoms with Crippen LogP contribution in [0.25, 0.3) is 0 Å². The second kappa shape index (κ2) is 3.25. The molecule has 0 saturated heterocycles. The highest BCUT2D eigenvalue weighted by atomic mass is 16.5. The zero-order chi connectivity index (χ0) is 7.40. The van der Waals surface area contributed by atoms with Crippen LogP contribution in [0.5, 0.6) is 0 Å². The van der Waals surface area contributed by atoms with Crippen molar-refractivity contribution in [3.05, 3.63) is 11.8 Å². The maximum absolute atomic E-state index is 10.9. The first-order valence-electron chi connectivity index (χ1n) is 3.39. The van der Waals surface area contributed by atoms with Crippen LogP contribution in [0, 0.1) is 0 Å². The summed E-state index contributed by atoms with van der Waals surface area (Å²) in [5.74, 6) is -0.292. The first-order valence-corrected chi connectivity index (χ1v) is 3.39. The van der Waals surface area contributed by atoms with Gasteiger partial charge in [-0.25, -0.2) is 4.79 Å². The summed E-state index contributed by atoms with van der Waals surface area (Å²) in [7, 11) is 0. The molecular formula is C7H10NO2. The number of hydrogen-bond donors (Lipinski definition) is 0. The normalized spacial score (nSPS) is 15.9. The van der Waals surface area contributed by atoms with Gasteiger partial charge < -0.3 is 4.74 Å². The number of carbonyl (C=O) groups excluding carboxylic acids is 1. The van der Waals surface area contributed by atoms with Crippen molar-refractivity contribution >= 4 is 5.97 Å². The van der Waals surface area contributed by atoms with Gasteiger partial charge in [-0.3, -0.25) is 5.32 Å². The van der Waals surface area contributed by atoms with Crippen LogP contribution in [-0.4, -0.2) is 19.1 Å². The topological polar surface area (TPSA) is 40.4 Å². The van der Waals surface area contributed by atoms with E-state index in [2.05, 4.69) is 5.32 Å². The zero-order valence-corrected chi connectivity index (χ0v) is 5.96. The molecule has 0 aliphatic carbocycles. The van der Waals surface area contributed by atoms with E-state index in [1.165, 1.54) is 0 Å². The second-order valence-corrected chi connectivity index (χ2v) is 1.98. The van der Waals surface area contributed by atoms with E-state index in [-0.39, 0.29) is 5.97 Å². The maximum atomic E-state index is 10.9. The van der Waals surface area contributed by atoms with Gasteiger partial charge in [0.2, 0.25) is 0 Å². The number of hydrogen-bond acceptors (Lipinski definition) is 2. The van der Waals surface area contributed by atoms with Gasteiger partial charge in [0.05, 0.1) is 6.61 Å². The molecule has 0 saturated carbocycles. The van der Waals surface area contributed by atoms with Gasteiger partial charge in [-0.15, -0.1) is 0 Å². The Morgan fingerprint density at radius 2 is 2.70 bits per heavy atom. The van der Waals surface area contributed by atoms with Gasteiger partial charge in [-0.05, 0) is 19.4 Å². The summed E-state index contributed by atoms with van der Waals surface area (Å²) in [6.07, 6.45) is 2.67. The summed E-state index contributed by atoms with van der Waals surface area (Å²) in [5.41, 5.74) is 0.488. The van der Waals surface area contributed by atoms with Crippen LogP contribution in [0.2, 0.25) is 0 Å². The highest BCUT2D eigenvalue weighted by Crippen LogP contribution is 2.04. The molecule has 0 N–H and O–H groups in total. The fourth-order valence-corrected chi connectivity index (χ4v) is 0.804. The van der Waals surface area contributed by atoms with E-state index >= 15 is 0 Å². The standard InChI is InChI=1S/C7H10NO2/c1-2-10-7(9)6-4-3-5-8-6/h4H,2-3,5H2,1H3. The van der Waals surface area contributed by atoms with Crippen LogP contribution < -0.4 is 5.32 Å². The Morgan fingerprint density at radius 3 is 3.20 bits per heavy atom. The minimum atomic E-state index is -0.292. The van der Waals surface area contributed by atoms with Crippen molar-refractivity contribution < 1.29 is 9.53 Å². The van der Waals surface area contributed by atoms with Crippen molar-refractivity contribution in [2.75, 3.05) is 13.2 Å². The summed E-state index contributed by atoms with van der Waals surface area (Å²) < 4.78 is 4.72. The first kappa shape index (κ1) is 7.12. The van der Waals surface area contributed by atoms with Crippen molar-refractivity contribution in [2.24, 2.45) is 0 Å². The number of ether oxygens (including phenoxy) is 1. The molecule has 0 spiro atoms. The van der Waals surface area contributed by atoms with E-state index in [4.69, 9.17) is 4.74 Å². The molecule has 0 aromatic heterocycles. The minimum absolute atomic E-state index is 0.292. The largest absolute Gasteiger partial charge is 0.461 e. The smallest absolute Gasteiger partial charge is 0.356 e. The van der Waals surface area contributed by atoms with Crippen LogP contribution in [0.15, 0.2) is 11.8 Å². The van der Waals surface area contributed by atoms with Gasteiger partial charge in [0.1, 0.15) is 5.70 Å². The van der Waals surface area contributed by atoms with E-state index in [9.17, 15) is 4.79 Å². The first-order chi connectivity index (χ1) is 4.84. The molecule has 0 unspecified atom stereocenters. The van der Waals surface area contributed by atoms with Gasteiger partial charge in [0.25, 0.3) is 0 Å². The fourth-order valence-electron chi connectivity index (χ4n) is 0.804. The van der Waals surface area contributed by atoms with E-state index in [0.29, 0.717) is 12.3 Å². The molecule has 1 aliphatic rings. The molecular weight excluding hydrogens is 130 g/mol. The van der Waals surface area contributed by atoms with Gasteiger partial charge in [-0.2, -0.15) is 0 Å². The van der Waals surface area contributed by atoms with Crippen LogP contribution in [0.4, 0.5) is 0 Å². The van der Waals surface area contributed by atoms with Gasteiger partial charge in [0.15, 0.2) is 0 Å². The van der Waals surface area contributed by atoms with Crippen LogP contribution in [0.1, 0.15) is 13.3 Å². The van der Waals surface area contributed by atoms with Gasteiger partial charge >= 0.3 is 5.97 Å². The minimum Gasteiger partial charge on any atom is -0.461 e. The molecule has 3 nitrogen and oxygen atoms in total. The van der Waals surface area contributed by atoms with Crippen LogP contribution in [-0.2, 0) is 9.53 Å². The summed E-state index contributed by atoms with van der Waals surface area (Å²) in [4.78, 5) is 10.9. The molecule has 3 heteroatoms. The van der Waals surface area contributed by atoms with Crippen LogP contribution in [0.3, 0.4) is 0 Å². The summed E-state index contributed by atoms with van der Waals surface area (Å²) in [5, 5.41) is 3.94. The molecule has 0 aromatic rings. The third kappa shape index (κ3) is 1.50. The quantitative estimate of drug-likeness (QED) is 0.522. The molecule has 55 valence electrons. The highest BCUT2D eigenvalue weighted by molar-refractivity contribution is 5.88. The Bertz CT molecular complexity index is 163.